The van der Waals surface area contributed by atoms with Crippen LogP contribution in [0.3, 0.4) is 0 Å². The zero-order valence-electron chi connectivity index (χ0n) is 16.3. The first kappa shape index (κ1) is 18.4. The third kappa shape index (κ3) is 2.76. The largest absolute Gasteiger partial charge is 0.493 e. The summed E-state index contributed by atoms with van der Waals surface area (Å²) in [6.45, 7) is 6.29. The van der Waals surface area contributed by atoms with Crippen LogP contribution < -0.4 is 24.9 Å². The number of fused-ring (bicyclic) bond motifs is 2. The number of anilines is 1. The summed E-state index contributed by atoms with van der Waals surface area (Å²) in [4.78, 5) is 3.03. The lowest BCUT2D eigenvalue weighted by atomic mass is 9.95. The molecule has 29 heavy (non-hydrogen) atoms. The van der Waals surface area contributed by atoms with Crippen molar-refractivity contribution in [1.29, 1.82) is 10.5 Å². The van der Waals surface area contributed by atoms with Crippen molar-refractivity contribution in [3.8, 4) is 29.4 Å². The highest BCUT2D eigenvalue weighted by atomic mass is 16.7. The van der Waals surface area contributed by atoms with E-state index in [4.69, 9.17) is 19.9 Å². The predicted octanol–water partition coefficient (Wildman–Crippen LogP) is 3.24. The van der Waals surface area contributed by atoms with Crippen LogP contribution in [0.15, 0.2) is 17.7 Å². The standard InChI is InChI=1S/C22H18N4O3/c1-4-27-17-7-19-18(28-10-29-19)6-13(17)5-14-11(2)15(8-23)21-20(14)12(3)16(9-24)22(25)26-21/h5-7H,4,10H2,1-3H3,(H2,25,26)/p+1. The molecular weight excluding hydrogens is 368 g/mol. The number of aromatic nitrogens is 1. The molecule has 1 aliphatic carbocycles. The van der Waals surface area contributed by atoms with Crippen LogP contribution in [0.5, 0.6) is 17.2 Å². The molecule has 1 aromatic carbocycles. The normalized spacial score (nSPS) is 15.3. The van der Waals surface area contributed by atoms with Crippen molar-refractivity contribution >= 4 is 23.0 Å². The van der Waals surface area contributed by atoms with Gasteiger partial charge in [-0.1, -0.05) is 0 Å². The predicted molar refractivity (Wildman–Crippen MR) is 107 cm³/mol. The Morgan fingerprint density at radius 2 is 1.93 bits per heavy atom. The number of nitrogens with two attached hydrogens (primary N) is 1. The molecule has 0 saturated carbocycles. The molecule has 0 spiro atoms. The highest BCUT2D eigenvalue weighted by Gasteiger charge is 2.32. The average Bonchev–Trinajstić information content (AvgIpc) is 3.24. The first-order chi connectivity index (χ1) is 14.0. The molecule has 2 aliphatic rings. The van der Waals surface area contributed by atoms with Crippen molar-refractivity contribution in [2.45, 2.75) is 20.8 Å². The van der Waals surface area contributed by atoms with Crippen LogP contribution in [0.1, 0.15) is 41.8 Å². The Kier molecular flexibility index (Phi) is 4.37. The Morgan fingerprint density at radius 3 is 2.59 bits per heavy atom. The smallest absolute Gasteiger partial charge is 0.289 e. The minimum atomic E-state index is 0.167. The van der Waals surface area contributed by atoms with Crippen molar-refractivity contribution < 1.29 is 19.2 Å². The van der Waals surface area contributed by atoms with E-state index in [1.165, 1.54) is 0 Å². The van der Waals surface area contributed by atoms with Gasteiger partial charge in [0.1, 0.15) is 29.0 Å². The van der Waals surface area contributed by atoms with E-state index in [0.29, 0.717) is 40.7 Å². The van der Waals surface area contributed by atoms with Gasteiger partial charge in [0.15, 0.2) is 17.2 Å². The van der Waals surface area contributed by atoms with Crippen LogP contribution in [0.25, 0.3) is 17.2 Å². The number of pyridine rings is 1. The molecule has 7 nitrogen and oxygen atoms in total. The SMILES string of the molecule is CCOc1cc2c(cc1C=C1C(C)=C(C#N)c3[nH+]c(N)c(C#N)c(C)c31)OCO2. The highest BCUT2D eigenvalue weighted by molar-refractivity contribution is 6.08. The van der Waals surface area contributed by atoms with Gasteiger partial charge in [0, 0.05) is 17.2 Å². The Balaban J connectivity index is 1.98. The minimum Gasteiger partial charge on any atom is -0.493 e. The zero-order valence-corrected chi connectivity index (χ0v) is 16.3. The van der Waals surface area contributed by atoms with E-state index in [9.17, 15) is 10.5 Å². The number of rotatable bonds is 3. The van der Waals surface area contributed by atoms with Gasteiger partial charge in [0.2, 0.25) is 6.79 Å². The average molecular weight is 387 g/mol. The maximum absolute atomic E-state index is 9.72. The van der Waals surface area contributed by atoms with Crippen LogP contribution >= 0.6 is 0 Å². The number of nitrogens with one attached hydrogen (secondary N) is 1. The van der Waals surface area contributed by atoms with Crippen molar-refractivity contribution in [3.05, 3.63) is 45.7 Å². The lowest BCUT2D eigenvalue weighted by Crippen LogP contribution is -2.20. The van der Waals surface area contributed by atoms with Gasteiger partial charge in [-0.2, -0.15) is 10.5 Å². The van der Waals surface area contributed by atoms with E-state index in [1.54, 1.807) is 6.07 Å². The summed E-state index contributed by atoms with van der Waals surface area (Å²) in [6, 6.07) is 8.06. The van der Waals surface area contributed by atoms with Crippen molar-refractivity contribution in [3.63, 3.8) is 0 Å². The summed E-state index contributed by atoms with van der Waals surface area (Å²) in [6.07, 6.45) is 1.95. The molecule has 0 fully saturated rings. The lowest BCUT2D eigenvalue weighted by Gasteiger charge is -2.12. The van der Waals surface area contributed by atoms with Gasteiger partial charge in [-0.05, 0) is 49.6 Å². The van der Waals surface area contributed by atoms with Crippen LogP contribution in [0.4, 0.5) is 5.82 Å². The topological polar surface area (TPSA) is 115 Å². The Bertz CT molecular complexity index is 1200. The number of hydrogen-bond acceptors (Lipinski definition) is 6. The molecule has 1 aliphatic heterocycles. The summed E-state index contributed by atoms with van der Waals surface area (Å²) >= 11 is 0. The fourth-order valence-corrected chi connectivity index (χ4v) is 3.76. The number of benzene rings is 1. The number of nitrogens with zero attached hydrogens (tertiary/aromatic N) is 2. The molecule has 0 unspecified atom stereocenters. The minimum absolute atomic E-state index is 0.167. The van der Waals surface area contributed by atoms with Crippen molar-refractivity contribution in [1.82, 2.24) is 0 Å². The molecule has 0 amide bonds. The summed E-state index contributed by atoms with van der Waals surface area (Å²) in [5.41, 5.74) is 11.5. The summed E-state index contributed by atoms with van der Waals surface area (Å²) in [7, 11) is 0. The second-order valence-electron chi connectivity index (χ2n) is 6.75. The Labute approximate surface area is 168 Å². The van der Waals surface area contributed by atoms with Gasteiger partial charge in [0.05, 0.1) is 6.61 Å². The van der Waals surface area contributed by atoms with E-state index in [-0.39, 0.29) is 12.6 Å². The number of nitriles is 2. The van der Waals surface area contributed by atoms with E-state index in [1.807, 2.05) is 32.9 Å². The van der Waals surface area contributed by atoms with Gasteiger partial charge in [-0.15, -0.1) is 0 Å². The van der Waals surface area contributed by atoms with E-state index in [2.05, 4.69) is 17.1 Å². The summed E-state index contributed by atoms with van der Waals surface area (Å²) in [5, 5.41) is 19.2. The van der Waals surface area contributed by atoms with Crippen LogP contribution in [0.2, 0.25) is 0 Å². The molecule has 0 saturated heterocycles. The Hall–Kier alpha value is -3.97. The summed E-state index contributed by atoms with van der Waals surface area (Å²) < 4.78 is 16.8. The zero-order chi connectivity index (χ0) is 20.7. The fraction of sp³-hybridized carbons (Fsp3) is 0.227. The molecule has 0 bridgehead atoms. The van der Waals surface area contributed by atoms with Gasteiger partial charge in [-0.3, -0.25) is 5.73 Å². The number of H-pyrrole nitrogens is 1. The second kappa shape index (κ2) is 6.88. The van der Waals surface area contributed by atoms with Gasteiger partial charge >= 0.3 is 0 Å². The van der Waals surface area contributed by atoms with Gasteiger partial charge in [0.25, 0.3) is 5.82 Å². The molecule has 0 atom stereocenters. The quantitative estimate of drug-likeness (QED) is 0.864. The number of allylic oxidation sites excluding steroid dienone is 3. The molecule has 1 aromatic heterocycles. The van der Waals surface area contributed by atoms with Crippen molar-refractivity contribution in [2.75, 3.05) is 19.1 Å². The molecule has 3 N–H and O–H groups in total. The second-order valence-corrected chi connectivity index (χ2v) is 6.75. The van der Waals surface area contributed by atoms with Crippen LogP contribution in [-0.4, -0.2) is 13.4 Å². The molecule has 7 heteroatoms. The van der Waals surface area contributed by atoms with E-state index < -0.39 is 0 Å². The van der Waals surface area contributed by atoms with Crippen LogP contribution in [0, 0.1) is 29.6 Å². The fourth-order valence-electron chi connectivity index (χ4n) is 3.76. The third-order valence-corrected chi connectivity index (χ3v) is 5.16. The van der Waals surface area contributed by atoms with E-state index >= 15 is 0 Å². The number of ether oxygens (including phenoxy) is 3. The maximum atomic E-state index is 9.72. The Morgan fingerprint density at radius 1 is 1.21 bits per heavy atom. The van der Waals surface area contributed by atoms with Crippen molar-refractivity contribution in [2.24, 2.45) is 0 Å². The molecule has 144 valence electrons. The first-order valence-corrected chi connectivity index (χ1v) is 9.15. The summed E-state index contributed by atoms with van der Waals surface area (Å²) in [5.74, 6) is 2.18. The number of nitrogen functional groups attached to an aromatic ring is 1. The maximum Gasteiger partial charge on any atom is 0.289 e. The highest BCUT2D eigenvalue weighted by Crippen LogP contribution is 2.45. The molecule has 2 heterocycles. The monoisotopic (exact) mass is 387 g/mol. The van der Waals surface area contributed by atoms with Gasteiger partial charge in [-0.25, -0.2) is 4.98 Å². The molecule has 0 radical (unpaired) electrons. The van der Waals surface area contributed by atoms with E-state index in [0.717, 1.165) is 27.8 Å². The number of hydrogen-bond donors (Lipinski definition) is 1. The molecule has 4 rings (SSSR count). The van der Waals surface area contributed by atoms with Gasteiger partial charge < -0.3 is 14.2 Å². The third-order valence-electron chi connectivity index (χ3n) is 5.16. The molecule has 2 aromatic rings. The van der Waals surface area contributed by atoms with Crippen LogP contribution in [-0.2, 0) is 0 Å². The molecular formula is C22H19N4O3+. The first-order valence-electron chi connectivity index (χ1n) is 9.15. The lowest BCUT2D eigenvalue weighted by molar-refractivity contribution is -0.364. The number of aromatic amines is 1.